The first-order valence-corrected chi connectivity index (χ1v) is 6.26. The fourth-order valence-corrected chi connectivity index (χ4v) is 1.86. The smallest absolute Gasteiger partial charge is 0.407 e. The van der Waals surface area contributed by atoms with Gasteiger partial charge in [0.2, 0.25) is 0 Å². The molecule has 1 aromatic carbocycles. The Hall–Kier alpha value is -1.98. The Bertz CT molecular complexity index is 577. The van der Waals surface area contributed by atoms with E-state index in [1.807, 2.05) is 0 Å². The average Bonchev–Trinajstić information content (AvgIpc) is 2.73. The van der Waals surface area contributed by atoms with E-state index >= 15 is 0 Å². The molecule has 1 aliphatic heterocycles. The second-order valence-electron chi connectivity index (χ2n) is 5.57. The third kappa shape index (κ3) is 3.31. The van der Waals surface area contributed by atoms with Gasteiger partial charge in [0.15, 0.2) is 11.6 Å². The third-order valence-corrected chi connectivity index (χ3v) is 2.67. The van der Waals surface area contributed by atoms with Crippen LogP contribution in [0.2, 0.25) is 0 Å². The number of nitrogens with zero attached hydrogens (tertiary/aromatic N) is 1. The van der Waals surface area contributed by atoms with Gasteiger partial charge in [0, 0.05) is 17.7 Å². The molecule has 6 heteroatoms. The second-order valence-corrected chi connectivity index (χ2v) is 5.57. The van der Waals surface area contributed by atoms with Crippen molar-refractivity contribution in [2.75, 3.05) is 6.54 Å². The first-order valence-electron chi connectivity index (χ1n) is 6.26. The lowest BCUT2D eigenvalue weighted by atomic mass is 10.1. The summed E-state index contributed by atoms with van der Waals surface area (Å²) in [5.41, 5.74) is 0.617. The molecule has 0 unspecified atom stereocenters. The van der Waals surface area contributed by atoms with Crippen LogP contribution in [0.15, 0.2) is 17.1 Å². The van der Waals surface area contributed by atoms with Gasteiger partial charge in [-0.2, -0.15) is 0 Å². The number of amides is 1. The summed E-state index contributed by atoms with van der Waals surface area (Å²) < 4.78 is 31.7. The molecule has 0 aliphatic carbocycles. The van der Waals surface area contributed by atoms with Crippen molar-refractivity contribution in [3.8, 4) is 0 Å². The molecule has 0 aromatic heterocycles. The largest absolute Gasteiger partial charge is 0.444 e. The minimum absolute atomic E-state index is 0.144. The highest BCUT2D eigenvalue weighted by Gasteiger charge is 2.22. The van der Waals surface area contributed by atoms with E-state index in [-0.39, 0.29) is 18.5 Å². The lowest BCUT2D eigenvalue weighted by Gasteiger charge is -2.19. The predicted octanol–water partition coefficient (Wildman–Crippen LogP) is 3.12. The Balaban J connectivity index is 1.95. The number of ether oxygens (including phenoxy) is 1. The van der Waals surface area contributed by atoms with Crippen molar-refractivity contribution < 1.29 is 18.3 Å². The van der Waals surface area contributed by atoms with E-state index in [1.165, 1.54) is 6.07 Å². The van der Waals surface area contributed by atoms with Crippen LogP contribution in [-0.2, 0) is 11.2 Å². The monoisotopic (exact) mass is 282 g/mol. The van der Waals surface area contributed by atoms with Gasteiger partial charge in [0.1, 0.15) is 5.60 Å². The predicted molar refractivity (Wildman–Crippen MR) is 71.4 cm³/mol. The number of benzene rings is 1. The molecule has 2 rings (SSSR count). The van der Waals surface area contributed by atoms with Crippen molar-refractivity contribution in [3.05, 3.63) is 29.3 Å². The summed E-state index contributed by atoms with van der Waals surface area (Å²) in [5, 5.41) is 2.54. The lowest BCUT2D eigenvalue weighted by molar-refractivity contribution is 0.0536. The molecule has 0 radical (unpaired) electrons. The summed E-state index contributed by atoms with van der Waals surface area (Å²) in [4.78, 5) is 15.6. The molecule has 1 N–H and O–H groups in total. The highest BCUT2D eigenvalue weighted by Crippen LogP contribution is 2.30. The lowest BCUT2D eigenvalue weighted by Crippen LogP contribution is -2.35. The van der Waals surface area contributed by atoms with Crippen molar-refractivity contribution in [1.29, 1.82) is 0 Å². The molecule has 1 aromatic rings. The number of hydrogen-bond acceptors (Lipinski definition) is 3. The van der Waals surface area contributed by atoms with Crippen molar-refractivity contribution in [2.24, 2.45) is 4.99 Å². The van der Waals surface area contributed by atoms with E-state index in [0.717, 1.165) is 6.07 Å². The number of rotatable bonds is 2. The van der Waals surface area contributed by atoms with Gasteiger partial charge >= 0.3 is 6.09 Å². The van der Waals surface area contributed by atoms with Crippen molar-refractivity contribution in [2.45, 2.75) is 32.8 Å². The number of halogens is 2. The van der Waals surface area contributed by atoms with Crippen LogP contribution < -0.4 is 5.32 Å². The Morgan fingerprint density at radius 2 is 2.10 bits per heavy atom. The van der Waals surface area contributed by atoms with Crippen molar-refractivity contribution in [1.82, 2.24) is 5.32 Å². The molecular formula is C14H16F2N2O2. The molecular weight excluding hydrogens is 266 g/mol. The molecule has 20 heavy (non-hydrogen) atoms. The van der Waals surface area contributed by atoms with E-state index < -0.39 is 23.3 Å². The summed E-state index contributed by atoms with van der Waals surface area (Å²) in [5.74, 6) is -1.76. The second kappa shape index (κ2) is 5.19. The molecule has 0 saturated heterocycles. The number of fused-ring (bicyclic) bond motifs is 1. The maximum absolute atomic E-state index is 13.5. The standard InChI is InChI=1S/C14H16F2N2O2/c1-14(2,3)20-13(19)17-7-8-6-9-11(18-8)5-4-10(15)12(9)16/h4-5H,6-7H2,1-3H3,(H,17,19). The van der Waals surface area contributed by atoms with Gasteiger partial charge in [-0.25, -0.2) is 13.6 Å². The van der Waals surface area contributed by atoms with Crippen molar-refractivity contribution >= 4 is 17.5 Å². The average molecular weight is 282 g/mol. The Kier molecular flexibility index (Phi) is 3.74. The molecule has 0 spiro atoms. The van der Waals surface area contributed by atoms with Crippen molar-refractivity contribution in [3.63, 3.8) is 0 Å². The van der Waals surface area contributed by atoms with E-state index in [2.05, 4.69) is 10.3 Å². The summed E-state index contributed by atoms with van der Waals surface area (Å²) in [7, 11) is 0. The van der Waals surface area contributed by atoms with Crippen LogP contribution in [0.1, 0.15) is 26.3 Å². The molecule has 4 nitrogen and oxygen atoms in total. The highest BCUT2D eigenvalue weighted by molar-refractivity contribution is 5.96. The van der Waals surface area contributed by atoms with E-state index in [9.17, 15) is 13.6 Å². The summed E-state index contributed by atoms with van der Waals surface area (Å²) >= 11 is 0. The molecule has 1 heterocycles. The third-order valence-electron chi connectivity index (χ3n) is 2.67. The van der Waals surface area contributed by atoms with Gasteiger partial charge in [0.25, 0.3) is 0 Å². The highest BCUT2D eigenvalue weighted by atomic mass is 19.2. The van der Waals surface area contributed by atoms with E-state index in [1.54, 1.807) is 20.8 Å². The van der Waals surface area contributed by atoms with Crippen LogP contribution in [0.5, 0.6) is 0 Å². The van der Waals surface area contributed by atoms with Crippen LogP contribution >= 0.6 is 0 Å². The molecule has 0 saturated carbocycles. The summed E-state index contributed by atoms with van der Waals surface area (Å²) in [6.07, 6.45) is -0.378. The number of hydrogen-bond donors (Lipinski definition) is 1. The number of aliphatic imine (C=N–C) groups is 1. The zero-order chi connectivity index (χ0) is 14.9. The van der Waals surface area contributed by atoms with E-state index in [0.29, 0.717) is 11.4 Å². The van der Waals surface area contributed by atoms with Crippen LogP contribution in [-0.4, -0.2) is 24.0 Å². The molecule has 108 valence electrons. The molecule has 1 aliphatic rings. The Morgan fingerprint density at radius 1 is 1.40 bits per heavy atom. The molecule has 0 fully saturated rings. The van der Waals surface area contributed by atoms with Gasteiger partial charge in [0.05, 0.1) is 12.2 Å². The fraction of sp³-hybridized carbons (Fsp3) is 0.429. The summed E-state index contributed by atoms with van der Waals surface area (Å²) in [6, 6.07) is 2.47. The van der Waals surface area contributed by atoms with E-state index in [4.69, 9.17) is 4.74 Å². The number of carbonyl (C=O) groups excluding carboxylic acids is 1. The minimum Gasteiger partial charge on any atom is -0.444 e. The Morgan fingerprint density at radius 3 is 2.75 bits per heavy atom. The topological polar surface area (TPSA) is 50.7 Å². The first kappa shape index (κ1) is 14.4. The molecule has 0 atom stereocenters. The summed E-state index contributed by atoms with van der Waals surface area (Å²) in [6.45, 7) is 5.42. The van der Waals surface area contributed by atoms with Crippen LogP contribution in [0.25, 0.3) is 0 Å². The fourth-order valence-electron chi connectivity index (χ4n) is 1.86. The quantitative estimate of drug-likeness (QED) is 0.906. The maximum atomic E-state index is 13.5. The number of carbonyl (C=O) groups is 1. The first-order chi connectivity index (χ1) is 9.26. The van der Waals surface area contributed by atoms with Gasteiger partial charge in [-0.3, -0.25) is 4.99 Å². The minimum atomic E-state index is -0.889. The van der Waals surface area contributed by atoms with Gasteiger partial charge in [-0.05, 0) is 32.9 Å². The van der Waals surface area contributed by atoms with Gasteiger partial charge in [-0.1, -0.05) is 0 Å². The SMILES string of the molecule is CC(C)(C)OC(=O)NCC1=Nc2ccc(F)c(F)c2C1. The van der Waals surface area contributed by atoms with Crippen LogP contribution in [0.4, 0.5) is 19.3 Å². The normalized spacial score (nSPS) is 13.8. The zero-order valence-electron chi connectivity index (χ0n) is 11.6. The number of nitrogens with one attached hydrogen (secondary N) is 1. The van der Waals surface area contributed by atoms with Gasteiger partial charge in [-0.15, -0.1) is 0 Å². The Labute approximate surface area is 115 Å². The number of alkyl carbamates (subject to hydrolysis) is 1. The zero-order valence-corrected chi connectivity index (χ0v) is 11.6. The van der Waals surface area contributed by atoms with Crippen LogP contribution in [0, 0.1) is 11.6 Å². The van der Waals surface area contributed by atoms with Gasteiger partial charge < -0.3 is 10.1 Å². The molecule has 1 amide bonds. The van der Waals surface area contributed by atoms with Crippen LogP contribution in [0.3, 0.4) is 0 Å². The maximum Gasteiger partial charge on any atom is 0.407 e. The molecule has 0 bridgehead atoms.